The van der Waals surface area contributed by atoms with Gasteiger partial charge in [0.15, 0.2) is 0 Å². The first kappa shape index (κ1) is 12.3. The molecule has 3 heteroatoms. The number of allylic oxidation sites excluding steroid dienone is 1. The lowest BCUT2D eigenvalue weighted by molar-refractivity contribution is 0.854. The SMILES string of the molecule is CC(C)=CC(N)c1nc2ccccc2cc1Br. The van der Waals surface area contributed by atoms with E-state index in [4.69, 9.17) is 5.73 Å². The molecule has 0 amide bonds. The zero-order valence-corrected chi connectivity index (χ0v) is 11.5. The zero-order chi connectivity index (χ0) is 12.4. The highest BCUT2D eigenvalue weighted by Crippen LogP contribution is 2.25. The molecule has 1 aromatic carbocycles. The maximum Gasteiger partial charge on any atom is 0.0759 e. The van der Waals surface area contributed by atoms with E-state index in [-0.39, 0.29) is 6.04 Å². The van der Waals surface area contributed by atoms with Crippen LogP contribution in [0.2, 0.25) is 0 Å². The van der Waals surface area contributed by atoms with Crippen molar-refractivity contribution in [1.82, 2.24) is 4.98 Å². The van der Waals surface area contributed by atoms with E-state index < -0.39 is 0 Å². The van der Waals surface area contributed by atoms with E-state index in [1.54, 1.807) is 0 Å². The third-order valence-corrected chi connectivity index (χ3v) is 3.17. The van der Waals surface area contributed by atoms with Gasteiger partial charge >= 0.3 is 0 Å². The Bertz CT molecular complexity index is 571. The highest BCUT2D eigenvalue weighted by atomic mass is 79.9. The van der Waals surface area contributed by atoms with E-state index >= 15 is 0 Å². The minimum absolute atomic E-state index is 0.168. The van der Waals surface area contributed by atoms with Crippen molar-refractivity contribution < 1.29 is 0 Å². The first-order valence-electron chi connectivity index (χ1n) is 5.53. The van der Waals surface area contributed by atoms with Gasteiger partial charge in [0.1, 0.15) is 0 Å². The molecule has 0 saturated carbocycles. The minimum atomic E-state index is -0.168. The van der Waals surface area contributed by atoms with Crippen molar-refractivity contribution in [3.8, 4) is 0 Å². The lowest BCUT2D eigenvalue weighted by atomic mass is 10.1. The molecule has 2 aromatic rings. The summed E-state index contributed by atoms with van der Waals surface area (Å²) in [6.45, 7) is 4.07. The van der Waals surface area contributed by atoms with E-state index in [0.29, 0.717) is 0 Å². The normalized spacial score (nSPS) is 12.5. The summed E-state index contributed by atoms with van der Waals surface area (Å²) in [6.07, 6.45) is 2.02. The third kappa shape index (κ3) is 2.73. The van der Waals surface area contributed by atoms with Gasteiger partial charge in [0.05, 0.1) is 17.3 Å². The van der Waals surface area contributed by atoms with Crippen LogP contribution in [-0.4, -0.2) is 4.98 Å². The molecular weight excluding hydrogens is 276 g/mol. The highest BCUT2D eigenvalue weighted by Gasteiger charge is 2.10. The maximum absolute atomic E-state index is 6.12. The molecule has 2 N–H and O–H groups in total. The molecule has 1 unspecified atom stereocenters. The molecule has 0 spiro atoms. The largest absolute Gasteiger partial charge is 0.319 e. The minimum Gasteiger partial charge on any atom is -0.319 e. The van der Waals surface area contributed by atoms with Crippen molar-refractivity contribution in [3.05, 3.63) is 52.1 Å². The van der Waals surface area contributed by atoms with Gasteiger partial charge in [-0.25, -0.2) is 4.98 Å². The van der Waals surface area contributed by atoms with Crippen LogP contribution in [0.4, 0.5) is 0 Å². The van der Waals surface area contributed by atoms with Crippen molar-refractivity contribution in [2.45, 2.75) is 19.9 Å². The fourth-order valence-electron chi connectivity index (χ4n) is 1.78. The van der Waals surface area contributed by atoms with Gasteiger partial charge in [-0.2, -0.15) is 0 Å². The van der Waals surface area contributed by atoms with Crippen LogP contribution in [0.5, 0.6) is 0 Å². The summed E-state index contributed by atoms with van der Waals surface area (Å²) in [5.74, 6) is 0. The quantitative estimate of drug-likeness (QED) is 0.850. The van der Waals surface area contributed by atoms with Crippen molar-refractivity contribution in [3.63, 3.8) is 0 Å². The Balaban J connectivity index is 2.54. The molecular formula is C14H15BrN2. The topological polar surface area (TPSA) is 38.9 Å². The summed E-state index contributed by atoms with van der Waals surface area (Å²) in [5, 5.41) is 1.12. The van der Waals surface area contributed by atoms with Gasteiger partial charge in [-0.1, -0.05) is 29.8 Å². The Morgan fingerprint density at radius 2 is 2.06 bits per heavy atom. The number of hydrogen-bond donors (Lipinski definition) is 1. The van der Waals surface area contributed by atoms with E-state index in [0.717, 1.165) is 21.1 Å². The Labute approximate surface area is 110 Å². The molecule has 2 rings (SSSR count). The number of fused-ring (bicyclic) bond motifs is 1. The van der Waals surface area contributed by atoms with Crippen LogP contribution in [-0.2, 0) is 0 Å². The van der Waals surface area contributed by atoms with Gasteiger partial charge in [0.2, 0.25) is 0 Å². The van der Waals surface area contributed by atoms with Crippen LogP contribution in [0, 0.1) is 0 Å². The predicted molar refractivity (Wildman–Crippen MR) is 75.8 cm³/mol. The van der Waals surface area contributed by atoms with Gasteiger partial charge in [0, 0.05) is 9.86 Å². The fourth-order valence-corrected chi connectivity index (χ4v) is 2.38. The molecule has 0 radical (unpaired) electrons. The second kappa shape index (κ2) is 4.98. The van der Waals surface area contributed by atoms with Gasteiger partial charge in [0.25, 0.3) is 0 Å². The Morgan fingerprint density at radius 3 is 2.76 bits per heavy atom. The number of benzene rings is 1. The first-order valence-corrected chi connectivity index (χ1v) is 6.33. The smallest absolute Gasteiger partial charge is 0.0759 e. The van der Waals surface area contributed by atoms with E-state index in [2.05, 4.69) is 27.0 Å². The van der Waals surface area contributed by atoms with E-state index in [1.807, 2.05) is 44.2 Å². The molecule has 0 bridgehead atoms. The zero-order valence-electron chi connectivity index (χ0n) is 9.94. The number of halogens is 1. The third-order valence-electron chi connectivity index (χ3n) is 2.53. The second-order valence-corrected chi connectivity index (χ2v) is 5.17. The summed E-state index contributed by atoms with van der Waals surface area (Å²) in [6, 6.07) is 9.94. The van der Waals surface area contributed by atoms with Crippen molar-refractivity contribution in [2.75, 3.05) is 0 Å². The molecule has 1 atom stereocenters. The van der Waals surface area contributed by atoms with Crippen molar-refractivity contribution >= 4 is 26.8 Å². The number of pyridine rings is 1. The molecule has 88 valence electrons. The van der Waals surface area contributed by atoms with Crippen LogP contribution in [0.15, 0.2) is 46.5 Å². The summed E-state index contributed by atoms with van der Waals surface area (Å²) in [5.41, 5.74) is 9.17. The van der Waals surface area contributed by atoms with Crippen LogP contribution in [0.3, 0.4) is 0 Å². The molecule has 17 heavy (non-hydrogen) atoms. The standard InChI is InChI=1S/C14H15BrN2/c1-9(2)7-12(16)14-11(15)8-10-5-3-4-6-13(10)17-14/h3-8,12H,16H2,1-2H3. The van der Waals surface area contributed by atoms with Gasteiger partial charge < -0.3 is 5.73 Å². The Hall–Kier alpha value is -1.19. The maximum atomic E-state index is 6.12. The Kier molecular flexibility index (Phi) is 3.60. The number of rotatable bonds is 2. The molecule has 2 nitrogen and oxygen atoms in total. The molecule has 0 saturated heterocycles. The second-order valence-electron chi connectivity index (χ2n) is 4.32. The van der Waals surface area contributed by atoms with Gasteiger partial charge in [-0.05, 0) is 41.9 Å². The van der Waals surface area contributed by atoms with E-state index in [1.165, 1.54) is 5.57 Å². The lowest BCUT2D eigenvalue weighted by Crippen LogP contribution is -2.10. The van der Waals surface area contributed by atoms with Crippen LogP contribution < -0.4 is 5.73 Å². The van der Waals surface area contributed by atoms with E-state index in [9.17, 15) is 0 Å². The van der Waals surface area contributed by atoms with Crippen LogP contribution in [0.25, 0.3) is 10.9 Å². The number of nitrogens with two attached hydrogens (primary N) is 1. The van der Waals surface area contributed by atoms with Crippen LogP contribution in [0.1, 0.15) is 25.6 Å². The average Bonchev–Trinajstić information content (AvgIpc) is 2.27. The number of aromatic nitrogens is 1. The molecule has 1 aromatic heterocycles. The van der Waals surface area contributed by atoms with Gasteiger partial charge in [-0.3, -0.25) is 0 Å². The molecule has 0 aliphatic rings. The first-order chi connectivity index (χ1) is 8.08. The lowest BCUT2D eigenvalue weighted by Gasteiger charge is -2.11. The summed E-state index contributed by atoms with van der Waals surface area (Å²) >= 11 is 3.54. The summed E-state index contributed by atoms with van der Waals surface area (Å²) in [7, 11) is 0. The monoisotopic (exact) mass is 290 g/mol. The molecule has 0 aliphatic carbocycles. The Morgan fingerprint density at radius 1 is 1.35 bits per heavy atom. The van der Waals surface area contributed by atoms with Crippen molar-refractivity contribution in [1.29, 1.82) is 0 Å². The summed E-state index contributed by atoms with van der Waals surface area (Å²) in [4.78, 5) is 4.61. The van der Waals surface area contributed by atoms with Gasteiger partial charge in [-0.15, -0.1) is 0 Å². The molecule has 0 aliphatic heterocycles. The highest BCUT2D eigenvalue weighted by molar-refractivity contribution is 9.10. The number of nitrogens with zero attached hydrogens (tertiary/aromatic N) is 1. The van der Waals surface area contributed by atoms with Crippen molar-refractivity contribution in [2.24, 2.45) is 5.73 Å². The number of para-hydroxylation sites is 1. The van der Waals surface area contributed by atoms with Crippen LogP contribution >= 0.6 is 15.9 Å². The average molecular weight is 291 g/mol. The summed E-state index contributed by atoms with van der Waals surface area (Å²) < 4.78 is 0.959. The molecule has 0 fully saturated rings. The fraction of sp³-hybridized carbons (Fsp3) is 0.214. The predicted octanol–water partition coefficient (Wildman–Crippen LogP) is 3.96. The number of hydrogen-bond acceptors (Lipinski definition) is 2. The molecule has 1 heterocycles.